The number of carbonyl (C=O) groups is 2. The summed E-state index contributed by atoms with van der Waals surface area (Å²) < 4.78 is 59.6. The van der Waals surface area contributed by atoms with Crippen molar-refractivity contribution in [1.82, 2.24) is 14.7 Å². The van der Waals surface area contributed by atoms with Crippen molar-refractivity contribution in [3.8, 4) is 0 Å². The second kappa shape index (κ2) is 6.59. The van der Waals surface area contributed by atoms with E-state index in [2.05, 4.69) is 4.28 Å². The van der Waals surface area contributed by atoms with Crippen LogP contribution >= 0.6 is 0 Å². The molecule has 0 aromatic heterocycles. The Hall–Kier alpha value is -0.440. The summed E-state index contributed by atoms with van der Waals surface area (Å²) in [7, 11) is -8.89. The number of hydrogen-bond donors (Lipinski definition) is 1. The van der Waals surface area contributed by atoms with Crippen molar-refractivity contribution in [3.05, 3.63) is 0 Å². The van der Waals surface area contributed by atoms with Crippen LogP contribution in [-0.4, -0.2) is 68.2 Å². The first-order chi connectivity index (χ1) is 9.48. The van der Waals surface area contributed by atoms with Crippen molar-refractivity contribution in [2.24, 2.45) is 0 Å². The van der Waals surface area contributed by atoms with E-state index in [1.54, 1.807) is 4.72 Å². The molecule has 0 aromatic rings. The van der Waals surface area contributed by atoms with E-state index in [4.69, 9.17) is 0 Å². The maximum absolute atomic E-state index is 11.9. The molecule has 2 saturated heterocycles. The fourth-order valence-corrected chi connectivity index (χ4v) is 3.24. The van der Waals surface area contributed by atoms with Crippen LogP contribution in [-0.2, 0) is 29.5 Å². The van der Waals surface area contributed by atoms with Crippen LogP contribution in [0.2, 0.25) is 0 Å². The number of urea groups is 1. The fraction of sp³-hybridized carbons (Fsp3) is 0.750. The average molecular weight is 365 g/mol. The van der Waals surface area contributed by atoms with Crippen molar-refractivity contribution >= 4 is 32.4 Å². The van der Waals surface area contributed by atoms with Gasteiger partial charge in [-0.15, -0.1) is 0 Å². The first kappa shape index (κ1) is 19.6. The third-order valence-electron chi connectivity index (χ3n) is 3.08. The number of hydroxylamine groups is 2. The molecule has 3 amide bonds. The number of amides is 3. The van der Waals surface area contributed by atoms with Gasteiger partial charge in [0.25, 0.3) is 5.91 Å². The van der Waals surface area contributed by atoms with Crippen LogP contribution in [0.1, 0.15) is 12.8 Å². The van der Waals surface area contributed by atoms with Crippen molar-refractivity contribution in [3.63, 3.8) is 0 Å². The topological polar surface area (TPSA) is 153 Å². The van der Waals surface area contributed by atoms with Crippen LogP contribution in [0, 0.1) is 0 Å². The van der Waals surface area contributed by atoms with Gasteiger partial charge in [0.15, 0.2) is 0 Å². The van der Waals surface area contributed by atoms with Crippen molar-refractivity contribution in [2.75, 3.05) is 12.8 Å². The summed E-state index contributed by atoms with van der Waals surface area (Å²) in [5.74, 6) is -0.892. The Labute approximate surface area is 149 Å². The summed E-state index contributed by atoms with van der Waals surface area (Å²) in [6, 6.07) is -2.71. The summed E-state index contributed by atoms with van der Waals surface area (Å²) in [5.41, 5.74) is 0. The minimum atomic E-state index is -5.11. The standard InChI is InChI=1S/C8H13N3O8S2.Na/c1-20(14,15)9-7(12)6-3-2-5-4-10(6)8(13)11(5)19-21(16,17)18;/h5-6H,2-4H2,1H3,(H,9,12)(H,16,17,18);/q;+1/p-1/t5-,6+;/m1./s1. The van der Waals surface area contributed by atoms with Crippen LogP contribution in [0.15, 0.2) is 0 Å². The maximum atomic E-state index is 11.9. The molecule has 2 aliphatic rings. The zero-order valence-corrected chi connectivity index (χ0v) is 15.4. The number of nitrogens with zero attached hydrogens (tertiary/aromatic N) is 2. The Balaban J connectivity index is 0.00000242. The number of piperidine rings is 1. The molecule has 2 bridgehead atoms. The molecule has 2 atom stereocenters. The number of nitrogens with one attached hydrogen (secondary N) is 1. The molecule has 2 fully saturated rings. The van der Waals surface area contributed by atoms with Gasteiger partial charge >= 0.3 is 35.6 Å². The van der Waals surface area contributed by atoms with Gasteiger partial charge in [-0.25, -0.2) is 21.6 Å². The number of carbonyl (C=O) groups excluding carboxylic acids is 2. The largest absolute Gasteiger partial charge is 1.00 e. The third-order valence-corrected chi connectivity index (χ3v) is 4.00. The van der Waals surface area contributed by atoms with Crippen LogP contribution in [0.4, 0.5) is 4.79 Å². The average Bonchev–Trinajstić information content (AvgIpc) is 2.51. The van der Waals surface area contributed by atoms with Gasteiger partial charge in [0.05, 0.1) is 12.3 Å². The van der Waals surface area contributed by atoms with Crippen LogP contribution in [0.25, 0.3) is 0 Å². The summed E-state index contributed by atoms with van der Waals surface area (Å²) in [4.78, 5) is 24.7. The summed E-state index contributed by atoms with van der Waals surface area (Å²) in [5, 5.41) is 0.413. The second-order valence-corrected chi connectivity index (χ2v) is 7.44. The van der Waals surface area contributed by atoms with Crippen LogP contribution in [0.3, 0.4) is 0 Å². The Morgan fingerprint density at radius 2 is 1.91 bits per heavy atom. The maximum Gasteiger partial charge on any atom is 1.00 e. The second-order valence-electron chi connectivity index (χ2n) is 4.73. The monoisotopic (exact) mass is 365 g/mol. The molecule has 0 aliphatic carbocycles. The van der Waals surface area contributed by atoms with Gasteiger partial charge in [-0.1, -0.05) is 0 Å². The SMILES string of the molecule is CS(=O)(=O)NC(=O)[C@@H]1CC[C@@H]2CN1C(=O)N2OS(=O)(=O)[O-].[Na+]. The molecule has 22 heavy (non-hydrogen) atoms. The van der Waals surface area contributed by atoms with E-state index in [9.17, 15) is 31.0 Å². The smallest absolute Gasteiger partial charge is 0.724 e. The molecule has 0 aromatic carbocycles. The molecular formula is C8H12N3NaO8S2. The summed E-state index contributed by atoms with van der Waals surface area (Å²) in [6.45, 7) is -0.0315. The molecule has 120 valence electrons. The predicted octanol–water partition coefficient (Wildman–Crippen LogP) is -5.27. The number of rotatable bonds is 4. The minimum absolute atomic E-state index is 0. The van der Waals surface area contributed by atoms with Gasteiger partial charge in [-0.3, -0.25) is 9.52 Å². The van der Waals surface area contributed by atoms with Crippen molar-refractivity contribution in [2.45, 2.75) is 24.9 Å². The van der Waals surface area contributed by atoms with E-state index in [0.29, 0.717) is 5.06 Å². The fourth-order valence-electron chi connectivity index (χ4n) is 2.35. The van der Waals surface area contributed by atoms with E-state index in [0.717, 1.165) is 11.2 Å². The molecule has 2 heterocycles. The van der Waals surface area contributed by atoms with Gasteiger partial charge in [-0.2, -0.15) is 9.35 Å². The molecule has 1 N–H and O–H groups in total. The number of hydrogen-bond acceptors (Lipinski definition) is 8. The van der Waals surface area contributed by atoms with E-state index in [-0.39, 0.29) is 48.9 Å². The van der Waals surface area contributed by atoms with Crippen LogP contribution in [0.5, 0.6) is 0 Å². The molecule has 0 unspecified atom stereocenters. The van der Waals surface area contributed by atoms with Crippen molar-refractivity contribution < 1.29 is 64.8 Å². The Morgan fingerprint density at radius 3 is 2.41 bits per heavy atom. The Bertz CT molecular complexity index is 678. The normalized spacial score (nSPS) is 24.9. The molecule has 0 spiro atoms. The Morgan fingerprint density at radius 1 is 1.32 bits per heavy atom. The molecule has 2 aliphatic heterocycles. The molecule has 0 saturated carbocycles. The predicted molar refractivity (Wildman–Crippen MR) is 64.5 cm³/mol. The molecule has 2 rings (SSSR count). The zero-order chi connectivity index (χ0) is 16.0. The Kier molecular flexibility index (Phi) is 5.87. The van der Waals surface area contributed by atoms with E-state index < -0.39 is 44.4 Å². The van der Waals surface area contributed by atoms with Gasteiger partial charge in [0, 0.05) is 6.54 Å². The summed E-state index contributed by atoms with van der Waals surface area (Å²) >= 11 is 0. The van der Waals surface area contributed by atoms with E-state index in [1.165, 1.54) is 0 Å². The molecular weight excluding hydrogens is 353 g/mol. The number of sulfonamides is 1. The molecule has 0 radical (unpaired) electrons. The zero-order valence-electron chi connectivity index (χ0n) is 11.8. The molecule has 11 nitrogen and oxygen atoms in total. The quantitative estimate of drug-likeness (QED) is 0.294. The van der Waals surface area contributed by atoms with Gasteiger partial charge in [0.2, 0.25) is 20.4 Å². The summed E-state index contributed by atoms with van der Waals surface area (Å²) in [6.07, 6.45) is 1.11. The first-order valence-electron chi connectivity index (χ1n) is 5.75. The van der Waals surface area contributed by atoms with Gasteiger partial charge < -0.3 is 9.45 Å². The number of fused-ring (bicyclic) bond motifs is 2. The molecule has 14 heteroatoms. The van der Waals surface area contributed by atoms with Gasteiger partial charge in [-0.05, 0) is 12.8 Å². The van der Waals surface area contributed by atoms with Gasteiger partial charge in [0.1, 0.15) is 6.04 Å². The van der Waals surface area contributed by atoms with Crippen molar-refractivity contribution in [1.29, 1.82) is 0 Å². The first-order valence-corrected chi connectivity index (χ1v) is 8.97. The third kappa shape index (κ3) is 4.53. The van der Waals surface area contributed by atoms with Crippen LogP contribution < -0.4 is 34.3 Å². The van der Waals surface area contributed by atoms with E-state index in [1.807, 2.05) is 0 Å². The van der Waals surface area contributed by atoms with E-state index >= 15 is 0 Å². The minimum Gasteiger partial charge on any atom is -0.724 e.